The molecular formula is C14H21N5. The lowest BCUT2D eigenvalue weighted by atomic mass is 10.1. The number of aryl methyl sites for hydroxylation is 1. The van der Waals surface area contributed by atoms with E-state index in [1.165, 1.54) is 0 Å². The fraction of sp³-hybridized carbons (Fsp3) is 0.500. The molecule has 2 aromatic heterocycles. The molecule has 0 aliphatic rings. The summed E-state index contributed by atoms with van der Waals surface area (Å²) in [4.78, 5) is 13.1. The van der Waals surface area contributed by atoms with Gasteiger partial charge in [-0.2, -0.15) is 0 Å². The smallest absolute Gasteiger partial charge is 0.145 e. The van der Waals surface area contributed by atoms with Crippen LogP contribution < -0.4 is 5.32 Å². The second-order valence-corrected chi connectivity index (χ2v) is 4.46. The Kier molecular flexibility index (Phi) is 5.03. The second kappa shape index (κ2) is 6.99. The molecule has 1 atom stereocenters. The van der Waals surface area contributed by atoms with Crippen LogP contribution >= 0.6 is 0 Å². The summed E-state index contributed by atoms with van der Waals surface area (Å²) in [5.41, 5.74) is 0. The lowest BCUT2D eigenvalue weighted by molar-refractivity contribution is 0.494. The molecule has 0 aromatic carbocycles. The molecule has 102 valence electrons. The molecule has 2 aromatic rings. The third-order valence-corrected chi connectivity index (χ3v) is 3.00. The van der Waals surface area contributed by atoms with E-state index in [4.69, 9.17) is 0 Å². The molecule has 0 bridgehead atoms. The van der Waals surface area contributed by atoms with Gasteiger partial charge in [0.15, 0.2) is 0 Å². The fourth-order valence-corrected chi connectivity index (χ4v) is 2.15. The number of rotatable bonds is 7. The molecule has 0 saturated heterocycles. The van der Waals surface area contributed by atoms with Gasteiger partial charge in [-0.25, -0.2) is 15.0 Å². The first-order valence-corrected chi connectivity index (χ1v) is 6.85. The van der Waals surface area contributed by atoms with Crippen LogP contribution in [0.25, 0.3) is 0 Å². The van der Waals surface area contributed by atoms with Crippen molar-refractivity contribution in [1.82, 2.24) is 24.8 Å². The van der Waals surface area contributed by atoms with Crippen molar-refractivity contribution in [2.75, 3.05) is 6.54 Å². The van der Waals surface area contributed by atoms with Crippen molar-refractivity contribution in [2.45, 2.75) is 39.3 Å². The van der Waals surface area contributed by atoms with Gasteiger partial charge < -0.3 is 9.88 Å². The SMILES string of the molecule is CCCn1ccnc1CC(NCC)c1ncccn1. The van der Waals surface area contributed by atoms with Crippen LogP contribution in [-0.2, 0) is 13.0 Å². The molecule has 5 heteroatoms. The maximum Gasteiger partial charge on any atom is 0.145 e. The Balaban J connectivity index is 2.14. The normalized spacial score (nSPS) is 12.5. The van der Waals surface area contributed by atoms with Gasteiger partial charge in [0.1, 0.15) is 11.6 Å². The molecule has 1 unspecified atom stereocenters. The van der Waals surface area contributed by atoms with E-state index in [2.05, 4.69) is 38.7 Å². The molecule has 5 nitrogen and oxygen atoms in total. The summed E-state index contributed by atoms with van der Waals surface area (Å²) in [5, 5.41) is 3.43. The third kappa shape index (κ3) is 3.61. The molecule has 19 heavy (non-hydrogen) atoms. The average Bonchev–Trinajstić information content (AvgIpc) is 2.87. The van der Waals surface area contributed by atoms with Gasteiger partial charge in [0, 0.05) is 37.8 Å². The van der Waals surface area contributed by atoms with Crippen molar-refractivity contribution >= 4 is 0 Å². The fourth-order valence-electron chi connectivity index (χ4n) is 2.15. The number of likely N-dealkylation sites (N-methyl/N-ethyl adjacent to an activating group) is 1. The van der Waals surface area contributed by atoms with Crippen molar-refractivity contribution in [1.29, 1.82) is 0 Å². The zero-order valence-electron chi connectivity index (χ0n) is 11.6. The molecule has 0 saturated carbocycles. The van der Waals surface area contributed by atoms with Crippen molar-refractivity contribution in [3.63, 3.8) is 0 Å². The van der Waals surface area contributed by atoms with Crippen LogP contribution in [-0.4, -0.2) is 26.1 Å². The lowest BCUT2D eigenvalue weighted by Crippen LogP contribution is -2.26. The summed E-state index contributed by atoms with van der Waals surface area (Å²) in [6, 6.07) is 1.95. The second-order valence-electron chi connectivity index (χ2n) is 4.46. The molecule has 2 heterocycles. The molecule has 0 fully saturated rings. The van der Waals surface area contributed by atoms with E-state index >= 15 is 0 Å². The molecule has 0 spiro atoms. The Morgan fingerprint density at radius 1 is 1.16 bits per heavy atom. The number of hydrogen-bond acceptors (Lipinski definition) is 4. The van der Waals surface area contributed by atoms with Crippen LogP contribution in [0.4, 0.5) is 0 Å². The highest BCUT2D eigenvalue weighted by molar-refractivity contribution is 5.03. The number of hydrogen-bond donors (Lipinski definition) is 1. The van der Waals surface area contributed by atoms with Gasteiger partial charge in [-0.1, -0.05) is 13.8 Å². The summed E-state index contributed by atoms with van der Waals surface area (Å²) in [6.07, 6.45) is 9.38. The van der Waals surface area contributed by atoms with Gasteiger partial charge in [-0.3, -0.25) is 0 Å². The van der Waals surface area contributed by atoms with Crippen LogP contribution in [0, 0.1) is 0 Å². The van der Waals surface area contributed by atoms with Crippen molar-refractivity contribution in [2.24, 2.45) is 0 Å². The van der Waals surface area contributed by atoms with Gasteiger partial charge in [-0.05, 0) is 19.0 Å². The Labute approximate surface area is 114 Å². The summed E-state index contributed by atoms with van der Waals surface area (Å²) in [5.74, 6) is 1.91. The van der Waals surface area contributed by atoms with Gasteiger partial charge >= 0.3 is 0 Å². The standard InChI is InChI=1S/C14H21N5/c1-3-9-19-10-8-16-13(19)11-12(15-4-2)14-17-6-5-7-18-14/h5-8,10,12,15H,3-4,9,11H2,1-2H3. The van der Waals surface area contributed by atoms with Crippen LogP contribution in [0.15, 0.2) is 30.9 Å². The van der Waals surface area contributed by atoms with Crippen LogP contribution in [0.3, 0.4) is 0 Å². The first-order chi connectivity index (χ1) is 9.35. The molecule has 1 N–H and O–H groups in total. The Morgan fingerprint density at radius 3 is 2.63 bits per heavy atom. The zero-order chi connectivity index (χ0) is 13.5. The molecule has 0 aliphatic heterocycles. The number of imidazole rings is 1. The van der Waals surface area contributed by atoms with Gasteiger partial charge in [0.05, 0.1) is 6.04 Å². The number of nitrogens with zero attached hydrogens (tertiary/aromatic N) is 4. The predicted octanol–water partition coefficient (Wildman–Crippen LogP) is 1.98. The number of aromatic nitrogens is 4. The summed E-state index contributed by atoms with van der Waals surface area (Å²) in [6.45, 7) is 6.15. The van der Waals surface area contributed by atoms with E-state index in [9.17, 15) is 0 Å². The van der Waals surface area contributed by atoms with E-state index in [1.54, 1.807) is 12.4 Å². The van der Waals surface area contributed by atoms with E-state index in [0.29, 0.717) is 0 Å². The summed E-state index contributed by atoms with van der Waals surface area (Å²) < 4.78 is 2.20. The quantitative estimate of drug-likeness (QED) is 0.826. The highest BCUT2D eigenvalue weighted by Crippen LogP contribution is 2.13. The Hall–Kier alpha value is -1.75. The zero-order valence-corrected chi connectivity index (χ0v) is 11.6. The highest BCUT2D eigenvalue weighted by Gasteiger charge is 2.16. The topological polar surface area (TPSA) is 55.6 Å². The Morgan fingerprint density at radius 2 is 1.95 bits per heavy atom. The van der Waals surface area contributed by atoms with Gasteiger partial charge in [-0.15, -0.1) is 0 Å². The van der Waals surface area contributed by atoms with E-state index in [0.717, 1.165) is 37.6 Å². The van der Waals surface area contributed by atoms with Crippen molar-refractivity contribution < 1.29 is 0 Å². The third-order valence-electron chi connectivity index (χ3n) is 3.00. The van der Waals surface area contributed by atoms with Gasteiger partial charge in [0.2, 0.25) is 0 Å². The minimum absolute atomic E-state index is 0.115. The molecule has 0 radical (unpaired) electrons. The minimum atomic E-state index is 0.115. The first kappa shape index (κ1) is 13.7. The molecule has 0 amide bonds. The van der Waals surface area contributed by atoms with Gasteiger partial charge in [0.25, 0.3) is 0 Å². The Bertz CT molecular complexity index is 480. The number of nitrogens with one attached hydrogen (secondary N) is 1. The maximum atomic E-state index is 4.45. The maximum absolute atomic E-state index is 4.45. The van der Waals surface area contributed by atoms with Crippen LogP contribution in [0.5, 0.6) is 0 Å². The van der Waals surface area contributed by atoms with E-state index in [1.807, 2.05) is 18.5 Å². The van der Waals surface area contributed by atoms with Crippen molar-refractivity contribution in [3.05, 3.63) is 42.5 Å². The van der Waals surface area contributed by atoms with Crippen LogP contribution in [0.2, 0.25) is 0 Å². The molecule has 2 rings (SSSR count). The van der Waals surface area contributed by atoms with Crippen LogP contribution in [0.1, 0.15) is 38.0 Å². The lowest BCUT2D eigenvalue weighted by Gasteiger charge is -2.16. The predicted molar refractivity (Wildman–Crippen MR) is 74.7 cm³/mol. The summed E-state index contributed by atoms with van der Waals surface area (Å²) >= 11 is 0. The summed E-state index contributed by atoms with van der Waals surface area (Å²) in [7, 11) is 0. The average molecular weight is 259 g/mol. The largest absolute Gasteiger partial charge is 0.335 e. The molecular weight excluding hydrogens is 238 g/mol. The highest BCUT2D eigenvalue weighted by atomic mass is 15.1. The van der Waals surface area contributed by atoms with E-state index in [-0.39, 0.29) is 6.04 Å². The van der Waals surface area contributed by atoms with E-state index < -0.39 is 0 Å². The minimum Gasteiger partial charge on any atom is -0.335 e. The van der Waals surface area contributed by atoms with Crippen molar-refractivity contribution in [3.8, 4) is 0 Å². The monoisotopic (exact) mass is 259 g/mol. The first-order valence-electron chi connectivity index (χ1n) is 6.85. The molecule has 0 aliphatic carbocycles.